The first kappa shape index (κ1) is 14.8. The molecule has 1 aliphatic heterocycles. The number of imidazole rings is 1. The third-order valence-corrected chi connectivity index (χ3v) is 4.26. The molecule has 0 atom stereocenters. The summed E-state index contributed by atoms with van der Waals surface area (Å²) in [4.78, 5) is 16.7. The van der Waals surface area contributed by atoms with Gasteiger partial charge in [-0.1, -0.05) is 0 Å². The smallest absolute Gasteiger partial charge is 0.186 e. The van der Waals surface area contributed by atoms with Gasteiger partial charge in [-0.3, -0.25) is 0 Å². The zero-order valence-electron chi connectivity index (χ0n) is 13.6. The van der Waals surface area contributed by atoms with Crippen molar-refractivity contribution in [1.82, 2.24) is 24.6 Å². The monoisotopic (exact) mass is 327 g/mol. The molecular weight excluding hydrogens is 309 g/mol. The van der Waals surface area contributed by atoms with Gasteiger partial charge in [0.15, 0.2) is 17.3 Å². The number of halogens is 1. The predicted octanol–water partition coefficient (Wildman–Crippen LogP) is 1.60. The lowest BCUT2D eigenvalue weighted by Gasteiger charge is -2.36. The summed E-state index contributed by atoms with van der Waals surface area (Å²) < 4.78 is 16.1. The van der Waals surface area contributed by atoms with Gasteiger partial charge in [0.1, 0.15) is 11.6 Å². The minimum absolute atomic E-state index is 0.327. The third kappa shape index (κ3) is 2.53. The molecule has 1 aliphatic rings. The SMILES string of the molecule is Cc1nc(C)c(F)c(N2CCN(c3ccc4nccn4n3)CC2)n1. The molecule has 4 heterocycles. The second-order valence-electron chi connectivity index (χ2n) is 5.89. The van der Waals surface area contributed by atoms with Crippen molar-refractivity contribution < 1.29 is 4.39 Å². The summed E-state index contributed by atoms with van der Waals surface area (Å²) in [5, 5.41) is 4.56. The highest BCUT2D eigenvalue weighted by atomic mass is 19.1. The van der Waals surface area contributed by atoms with E-state index >= 15 is 0 Å². The maximum absolute atomic E-state index is 14.3. The van der Waals surface area contributed by atoms with E-state index in [9.17, 15) is 4.39 Å². The van der Waals surface area contributed by atoms with E-state index in [1.807, 2.05) is 23.2 Å². The van der Waals surface area contributed by atoms with Crippen molar-refractivity contribution >= 4 is 17.3 Å². The zero-order chi connectivity index (χ0) is 16.7. The Morgan fingerprint density at radius 2 is 1.75 bits per heavy atom. The first-order valence-corrected chi connectivity index (χ1v) is 7.93. The van der Waals surface area contributed by atoms with Gasteiger partial charge < -0.3 is 9.80 Å². The van der Waals surface area contributed by atoms with E-state index in [2.05, 4.69) is 25.0 Å². The maximum Gasteiger partial charge on any atom is 0.186 e. The van der Waals surface area contributed by atoms with Crippen LogP contribution in [0.2, 0.25) is 0 Å². The number of piperazine rings is 1. The molecule has 0 radical (unpaired) electrons. The largest absolute Gasteiger partial charge is 0.352 e. The molecule has 4 rings (SSSR count). The first-order chi connectivity index (χ1) is 11.6. The number of fused-ring (bicyclic) bond motifs is 1. The van der Waals surface area contributed by atoms with Gasteiger partial charge >= 0.3 is 0 Å². The quantitative estimate of drug-likeness (QED) is 0.712. The van der Waals surface area contributed by atoms with Gasteiger partial charge in [0.2, 0.25) is 0 Å². The van der Waals surface area contributed by atoms with Crippen molar-refractivity contribution in [2.24, 2.45) is 0 Å². The van der Waals surface area contributed by atoms with E-state index in [4.69, 9.17) is 0 Å². The van der Waals surface area contributed by atoms with Gasteiger partial charge in [0.25, 0.3) is 0 Å². The van der Waals surface area contributed by atoms with Crippen LogP contribution < -0.4 is 9.80 Å². The summed E-state index contributed by atoms with van der Waals surface area (Å²) in [5.74, 6) is 1.57. The number of rotatable bonds is 2. The molecule has 7 nitrogen and oxygen atoms in total. The Bertz CT molecular complexity index is 883. The van der Waals surface area contributed by atoms with Gasteiger partial charge in [0, 0.05) is 38.6 Å². The molecule has 0 N–H and O–H groups in total. The Hall–Kier alpha value is -2.77. The summed E-state index contributed by atoms with van der Waals surface area (Å²) in [7, 11) is 0. The minimum atomic E-state index is -0.327. The van der Waals surface area contributed by atoms with E-state index in [0.29, 0.717) is 30.4 Å². The molecule has 24 heavy (non-hydrogen) atoms. The van der Waals surface area contributed by atoms with Crippen molar-refractivity contribution in [3.05, 3.63) is 41.9 Å². The van der Waals surface area contributed by atoms with E-state index in [-0.39, 0.29) is 5.82 Å². The number of hydrogen-bond acceptors (Lipinski definition) is 6. The average molecular weight is 327 g/mol. The third-order valence-electron chi connectivity index (χ3n) is 4.26. The van der Waals surface area contributed by atoms with Gasteiger partial charge in [-0.05, 0) is 26.0 Å². The highest BCUT2D eigenvalue weighted by molar-refractivity contribution is 5.49. The lowest BCUT2D eigenvalue weighted by Crippen LogP contribution is -2.47. The van der Waals surface area contributed by atoms with Crippen LogP contribution in [0.1, 0.15) is 11.5 Å². The standard InChI is InChI=1S/C16H18FN7/c1-11-15(17)16(20-12(2)19-11)23-9-7-22(8-10-23)14-4-3-13-18-5-6-24(13)21-14/h3-6H,7-10H2,1-2H3. The topological polar surface area (TPSA) is 62.5 Å². The summed E-state index contributed by atoms with van der Waals surface area (Å²) in [6.45, 7) is 6.36. The van der Waals surface area contributed by atoms with Crippen LogP contribution in [0.15, 0.2) is 24.5 Å². The summed E-state index contributed by atoms with van der Waals surface area (Å²) in [6.07, 6.45) is 3.56. The second kappa shape index (κ2) is 5.70. The Morgan fingerprint density at radius 1 is 1.00 bits per heavy atom. The molecule has 0 aromatic carbocycles. The maximum atomic E-state index is 14.3. The molecule has 0 bridgehead atoms. The average Bonchev–Trinajstić information content (AvgIpc) is 3.06. The number of aromatic nitrogens is 5. The van der Waals surface area contributed by atoms with Gasteiger partial charge in [-0.15, -0.1) is 5.10 Å². The highest BCUT2D eigenvalue weighted by Gasteiger charge is 2.23. The zero-order valence-corrected chi connectivity index (χ0v) is 13.6. The predicted molar refractivity (Wildman–Crippen MR) is 88.9 cm³/mol. The fourth-order valence-corrected chi connectivity index (χ4v) is 3.01. The summed E-state index contributed by atoms with van der Waals surface area (Å²) >= 11 is 0. The molecular formula is C16H18FN7. The normalized spacial score (nSPS) is 15.3. The molecule has 3 aromatic heterocycles. The summed E-state index contributed by atoms with van der Waals surface area (Å²) in [5.41, 5.74) is 1.22. The van der Waals surface area contributed by atoms with Crippen LogP contribution in [0.3, 0.4) is 0 Å². The number of anilines is 2. The first-order valence-electron chi connectivity index (χ1n) is 7.93. The van der Waals surface area contributed by atoms with Crippen molar-refractivity contribution in [2.45, 2.75) is 13.8 Å². The van der Waals surface area contributed by atoms with Crippen LogP contribution in [-0.4, -0.2) is 50.7 Å². The highest BCUT2D eigenvalue weighted by Crippen LogP contribution is 2.22. The van der Waals surface area contributed by atoms with Crippen LogP contribution in [0.4, 0.5) is 16.0 Å². The Morgan fingerprint density at radius 3 is 2.54 bits per heavy atom. The molecule has 0 amide bonds. The number of nitrogens with zero attached hydrogens (tertiary/aromatic N) is 7. The van der Waals surface area contributed by atoms with E-state index < -0.39 is 0 Å². The van der Waals surface area contributed by atoms with Crippen LogP contribution in [0.25, 0.3) is 5.65 Å². The fourth-order valence-electron chi connectivity index (χ4n) is 3.01. The molecule has 0 unspecified atom stereocenters. The lowest BCUT2D eigenvalue weighted by molar-refractivity contribution is 0.570. The second-order valence-corrected chi connectivity index (χ2v) is 5.89. The molecule has 3 aromatic rings. The van der Waals surface area contributed by atoms with E-state index in [1.165, 1.54) is 0 Å². The minimum Gasteiger partial charge on any atom is -0.352 e. The fraction of sp³-hybridized carbons (Fsp3) is 0.375. The number of hydrogen-bond donors (Lipinski definition) is 0. The van der Waals surface area contributed by atoms with Crippen LogP contribution >= 0.6 is 0 Å². The van der Waals surface area contributed by atoms with Crippen LogP contribution in [-0.2, 0) is 0 Å². The lowest BCUT2D eigenvalue weighted by atomic mass is 10.3. The van der Waals surface area contributed by atoms with Crippen molar-refractivity contribution in [2.75, 3.05) is 36.0 Å². The summed E-state index contributed by atoms with van der Waals surface area (Å²) in [6, 6.07) is 3.92. The molecule has 124 valence electrons. The van der Waals surface area contributed by atoms with Gasteiger partial charge in [-0.25, -0.2) is 23.9 Å². The molecule has 8 heteroatoms. The van der Waals surface area contributed by atoms with Crippen molar-refractivity contribution in [3.63, 3.8) is 0 Å². The van der Waals surface area contributed by atoms with Gasteiger partial charge in [0.05, 0.1) is 5.69 Å². The van der Waals surface area contributed by atoms with Crippen LogP contribution in [0.5, 0.6) is 0 Å². The Balaban J connectivity index is 1.52. The van der Waals surface area contributed by atoms with E-state index in [1.54, 1.807) is 24.6 Å². The van der Waals surface area contributed by atoms with E-state index in [0.717, 1.165) is 24.6 Å². The molecule has 0 saturated carbocycles. The van der Waals surface area contributed by atoms with Crippen molar-refractivity contribution in [3.8, 4) is 0 Å². The Kier molecular flexibility index (Phi) is 3.51. The molecule has 1 saturated heterocycles. The van der Waals surface area contributed by atoms with Crippen molar-refractivity contribution in [1.29, 1.82) is 0 Å². The molecule has 0 spiro atoms. The number of aryl methyl sites for hydroxylation is 2. The van der Waals surface area contributed by atoms with Crippen LogP contribution in [0, 0.1) is 19.7 Å². The van der Waals surface area contributed by atoms with Gasteiger partial charge in [-0.2, -0.15) is 0 Å². The molecule has 1 fully saturated rings. The Labute approximate surface area is 138 Å². The molecule has 0 aliphatic carbocycles.